The van der Waals surface area contributed by atoms with Crippen LogP contribution in [0.5, 0.6) is 0 Å². The maximum Gasteiger partial charge on any atom is 0.273 e. The van der Waals surface area contributed by atoms with Crippen LogP contribution in [0.4, 0.5) is 0 Å². The molecule has 1 aliphatic rings. The zero-order chi connectivity index (χ0) is 15.5. The molecule has 1 N–H and O–H groups in total. The Morgan fingerprint density at radius 1 is 1.45 bits per heavy atom. The zero-order valence-electron chi connectivity index (χ0n) is 12.2. The third-order valence-corrected chi connectivity index (χ3v) is 3.97. The molecule has 0 aliphatic carbocycles. The lowest BCUT2D eigenvalue weighted by Gasteiger charge is -2.19. The van der Waals surface area contributed by atoms with Crippen LogP contribution < -0.4 is 5.32 Å². The average molecular weight is 321 g/mol. The van der Waals surface area contributed by atoms with E-state index in [1.54, 1.807) is 18.2 Å². The molecule has 0 spiro atoms. The summed E-state index contributed by atoms with van der Waals surface area (Å²) in [5.74, 6) is 0.248. The Bertz CT molecular complexity index is 665. The molecule has 22 heavy (non-hydrogen) atoms. The average Bonchev–Trinajstić information content (AvgIpc) is 3.19. The van der Waals surface area contributed by atoms with E-state index in [-0.39, 0.29) is 23.7 Å². The molecule has 0 saturated carbocycles. The van der Waals surface area contributed by atoms with Gasteiger partial charge in [-0.2, -0.15) is 0 Å². The van der Waals surface area contributed by atoms with Gasteiger partial charge in [-0.15, -0.1) is 0 Å². The number of halogens is 1. The van der Waals surface area contributed by atoms with Crippen molar-refractivity contribution in [1.82, 2.24) is 10.5 Å². The van der Waals surface area contributed by atoms with E-state index in [4.69, 9.17) is 20.9 Å². The number of carbonyl (C=O) groups excluding carboxylic acids is 1. The van der Waals surface area contributed by atoms with Gasteiger partial charge in [-0.25, -0.2) is 0 Å². The van der Waals surface area contributed by atoms with Gasteiger partial charge in [0.1, 0.15) is 0 Å². The Balaban J connectivity index is 1.69. The Morgan fingerprint density at radius 3 is 3.05 bits per heavy atom. The summed E-state index contributed by atoms with van der Waals surface area (Å²) in [4.78, 5) is 12.2. The van der Waals surface area contributed by atoms with Crippen LogP contribution in [0.2, 0.25) is 5.02 Å². The summed E-state index contributed by atoms with van der Waals surface area (Å²) in [6.45, 7) is 2.69. The lowest BCUT2D eigenvalue weighted by atomic mass is 10.1. The fourth-order valence-electron chi connectivity index (χ4n) is 2.53. The number of amides is 1. The number of hydrogen-bond acceptors (Lipinski definition) is 4. The third-order valence-electron chi connectivity index (χ3n) is 3.73. The van der Waals surface area contributed by atoms with Crippen LogP contribution in [-0.2, 0) is 4.74 Å². The molecule has 3 rings (SSSR count). The van der Waals surface area contributed by atoms with E-state index in [2.05, 4.69) is 10.5 Å². The standard InChI is InChI=1S/C16H17ClN2O3/c1-10(14-6-3-7-21-14)18-16(20)13-9-15(22-19-13)11-4-2-5-12(17)8-11/h2,4-5,8-10,14H,3,6-7H2,1H3,(H,18,20)/t10-,14-/m1/s1. The van der Waals surface area contributed by atoms with Crippen molar-refractivity contribution in [2.75, 3.05) is 6.61 Å². The van der Waals surface area contributed by atoms with Crippen LogP contribution in [0.15, 0.2) is 34.9 Å². The summed E-state index contributed by atoms with van der Waals surface area (Å²) >= 11 is 5.95. The summed E-state index contributed by atoms with van der Waals surface area (Å²) in [5.41, 5.74) is 1.03. The fourth-order valence-corrected chi connectivity index (χ4v) is 2.72. The maximum absolute atomic E-state index is 12.2. The van der Waals surface area contributed by atoms with E-state index in [0.29, 0.717) is 10.8 Å². The van der Waals surface area contributed by atoms with Crippen molar-refractivity contribution < 1.29 is 14.1 Å². The van der Waals surface area contributed by atoms with E-state index >= 15 is 0 Å². The first-order valence-electron chi connectivity index (χ1n) is 7.28. The summed E-state index contributed by atoms with van der Waals surface area (Å²) in [7, 11) is 0. The van der Waals surface area contributed by atoms with Gasteiger partial charge in [0.2, 0.25) is 0 Å². The number of ether oxygens (including phenoxy) is 1. The molecule has 2 aromatic rings. The molecule has 0 bridgehead atoms. The van der Waals surface area contributed by atoms with E-state index in [1.807, 2.05) is 19.1 Å². The SMILES string of the molecule is C[C@@H](NC(=O)c1cc(-c2cccc(Cl)c2)on1)[C@H]1CCCO1. The second-order valence-electron chi connectivity index (χ2n) is 5.40. The van der Waals surface area contributed by atoms with Crippen LogP contribution in [0.1, 0.15) is 30.3 Å². The van der Waals surface area contributed by atoms with Crippen molar-refractivity contribution in [2.45, 2.75) is 31.9 Å². The summed E-state index contributed by atoms with van der Waals surface area (Å²) < 4.78 is 10.8. The molecular weight excluding hydrogens is 304 g/mol. The first-order chi connectivity index (χ1) is 10.6. The van der Waals surface area contributed by atoms with Crippen molar-refractivity contribution in [3.05, 3.63) is 41.0 Å². The highest BCUT2D eigenvalue weighted by Crippen LogP contribution is 2.23. The van der Waals surface area contributed by atoms with Gasteiger partial charge in [0.05, 0.1) is 12.1 Å². The van der Waals surface area contributed by atoms with Gasteiger partial charge in [-0.05, 0) is 31.9 Å². The molecule has 1 amide bonds. The Hall–Kier alpha value is -1.85. The summed E-state index contributed by atoms with van der Waals surface area (Å²) in [5, 5.41) is 7.34. The van der Waals surface area contributed by atoms with Crippen molar-refractivity contribution in [1.29, 1.82) is 0 Å². The second-order valence-corrected chi connectivity index (χ2v) is 5.84. The van der Waals surface area contributed by atoms with Gasteiger partial charge in [0.15, 0.2) is 11.5 Å². The molecule has 1 aromatic heterocycles. The van der Waals surface area contributed by atoms with Crippen LogP contribution in [0, 0.1) is 0 Å². The molecule has 1 aliphatic heterocycles. The number of hydrogen-bond donors (Lipinski definition) is 1. The third kappa shape index (κ3) is 3.31. The van der Waals surface area contributed by atoms with Gasteiger partial charge in [0, 0.05) is 23.3 Å². The van der Waals surface area contributed by atoms with E-state index in [9.17, 15) is 4.79 Å². The normalized spacial score (nSPS) is 19.1. The van der Waals surface area contributed by atoms with Crippen LogP contribution in [0.3, 0.4) is 0 Å². The predicted octanol–water partition coefficient (Wildman–Crippen LogP) is 3.29. The lowest BCUT2D eigenvalue weighted by Crippen LogP contribution is -2.40. The molecule has 6 heteroatoms. The van der Waals surface area contributed by atoms with E-state index < -0.39 is 0 Å². The number of benzene rings is 1. The summed E-state index contributed by atoms with van der Waals surface area (Å²) in [6, 6.07) is 8.77. The molecule has 2 atom stereocenters. The van der Waals surface area contributed by atoms with E-state index in [0.717, 1.165) is 25.0 Å². The highest BCUT2D eigenvalue weighted by molar-refractivity contribution is 6.30. The molecule has 1 aromatic carbocycles. The highest BCUT2D eigenvalue weighted by Gasteiger charge is 2.25. The number of nitrogens with one attached hydrogen (secondary N) is 1. The largest absolute Gasteiger partial charge is 0.376 e. The number of aromatic nitrogens is 1. The molecule has 5 nitrogen and oxygen atoms in total. The smallest absolute Gasteiger partial charge is 0.273 e. The van der Waals surface area contributed by atoms with Crippen LogP contribution in [0.25, 0.3) is 11.3 Å². The van der Waals surface area contributed by atoms with Gasteiger partial charge < -0.3 is 14.6 Å². The zero-order valence-corrected chi connectivity index (χ0v) is 13.0. The fraction of sp³-hybridized carbons (Fsp3) is 0.375. The van der Waals surface area contributed by atoms with Crippen LogP contribution >= 0.6 is 11.6 Å². The first kappa shape index (κ1) is 15.1. The first-order valence-corrected chi connectivity index (χ1v) is 7.66. The predicted molar refractivity (Wildman–Crippen MR) is 82.9 cm³/mol. The van der Waals surface area contributed by atoms with Crippen molar-refractivity contribution in [3.63, 3.8) is 0 Å². The van der Waals surface area contributed by atoms with Crippen molar-refractivity contribution in [2.24, 2.45) is 0 Å². The number of nitrogens with zero attached hydrogens (tertiary/aromatic N) is 1. The van der Waals surface area contributed by atoms with E-state index in [1.165, 1.54) is 0 Å². The monoisotopic (exact) mass is 320 g/mol. The minimum Gasteiger partial charge on any atom is -0.376 e. The topological polar surface area (TPSA) is 64.4 Å². The van der Waals surface area contributed by atoms with Gasteiger partial charge in [-0.3, -0.25) is 4.79 Å². The minimum absolute atomic E-state index is 0.0543. The number of carbonyl (C=O) groups is 1. The molecule has 1 saturated heterocycles. The Morgan fingerprint density at radius 2 is 2.32 bits per heavy atom. The highest BCUT2D eigenvalue weighted by atomic mass is 35.5. The summed E-state index contributed by atoms with van der Waals surface area (Å²) in [6.07, 6.45) is 2.07. The Labute approximate surface area is 133 Å². The van der Waals surface area contributed by atoms with Crippen LogP contribution in [-0.4, -0.2) is 29.8 Å². The molecular formula is C16H17ClN2O3. The Kier molecular flexibility index (Phi) is 4.45. The molecule has 0 unspecified atom stereocenters. The number of rotatable bonds is 4. The maximum atomic E-state index is 12.2. The van der Waals surface area contributed by atoms with Gasteiger partial charge in [0.25, 0.3) is 5.91 Å². The van der Waals surface area contributed by atoms with Gasteiger partial charge >= 0.3 is 0 Å². The van der Waals surface area contributed by atoms with Crippen molar-refractivity contribution >= 4 is 17.5 Å². The quantitative estimate of drug-likeness (QED) is 0.938. The van der Waals surface area contributed by atoms with Gasteiger partial charge in [-0.1, -0.05) is 28.9 Å². The van der Waals surface area contributed by atoms with Crippen molar-refractivity contribution in [3.8, 4) is 11.3 Å². The minimum atomic E-state index is -0.264. The lowest BCUT2D eigenvalue weighted by molar-refractivity contribution is 0.0707. The molecule has 0 radical (unpaired) electrons. The molecule has 2 heterocycles. The second kappa shape index (κ2) is 6.50. The molecule has 116 valence electrons. The molecule has 1 fully saturated rings.